The summed E-state index contributed by atoms with van der Waals surface area (Å²) in [7, 11) is 0. The van der Waals surface area contributed by atoms with Crippen LogP contribution in [0.3, 0.4) is 0 Å². The molecular formula is C27H35N3O3. The highest BCUT2D eigenvalue weighted by Gasteiger charge is 2.13. The number of H-pyrrole nitrogens is 1. The molecule has 2 aromatic carbocycles. The second kappa shape index (κ2) is 12.2. The monoisotopic (exact) mass is 449 g/mol. The zero-order chi connectivity index (χ0) is 23.6. The molecule has 0 radical (unpaired) electrons. The van der Waals surface area contributed by atoms with Gasteiger partial charge < -0.3 is 14.8 Å². The van der Waals surface area contributed by atoms with Crippen molar-refractivity contribution in [2.45, 2.75) is 72.1 Å². The van der Waals surface area contributed by atoms with Crippen LogP contribution in [0, 0.1) is 13.8 Å². The van der Waals surface area contributed by atoms with Crippen LogP contribution in [0.4, 0.5) is 5.69 Å². The number of hydrogen-bond acceptors (Lipinski definition) is 4. The SMILES string of the molecule is CCCCCCCCCCOc1ccc(C(=O)N=Nc2c(O)[nH]c3c(C)cc(C)cc23)cc1. The molecule has 0 aliphatic rings. The fraction of sp³-hybridized carbons (Fsp3) is 0.444. The first-order valence-electron chi connectivity index (χ1n) is 12.0. The van der Waals surface area contributed by atoms with Gasteiger partial charge in [0.2, 0.25) is 5.88 Å². The number of carbonyl (C=O) groups is 1. The van der Waals surface area contributed by atoms with E-state index in [0.717, 1.165) is 34.2 Å². The van der Waals surface area contributed by atoms with Crippen molar-refractivity contribution in [3.05, 3.63) is 53.1 Å². The van der Waals surface area contributed by atoms with Gasteiger partial charge in [-0.15, -0.1) is 10.2 Å². The number of rotatable bonds is 12. The van der Waals surface area contributed by atoms with Crippen LogP contribution in [0.5, 0.6) is 11.6 Å². The lowest BCUT2D eigenvalue weighted by Gasteiger charge is -2.06. The summed E-state index contributed by atoms with van der Waals surface area (Å²) in [6, 6.07) is 10.9. The average Bonchev–Trinajstić information content (AvgIpc) is 3.12. The number of fused-ring (bicyclic) bond motifs is 1. The van der Waals surface area contributed by atoms with E-state index in [-0.39, 0.29) is 11.6 Å². The molecule has 0 fully saturated rings. The summed E-state index contributed by atoms with van der Waals surface area (Å²) < 4.78 is 5.79. The van der Waals surface area contributed by atoms with Gasteiger partial charge in [-0.1, -0.05) is 63.5 Å². The number of hydrogen-bond donors (Lipinski definition) is 2. The molecule has 3 rings (SSSR count). The van der Waals surface area contributed by atoms with E-state index >= 15 is 0 Å². The molecule has 33 heavy (non-hydrogen) atoms. The zero-order valence-electron chi connectivity index (χ0n) is 20.0. The summed E-state index contributed by atoms with van der Waals surface area (Å²) in [5, 5.41) is 18.8. The first kappa shape index (κ1) is 24.5. The number of unbranched alkanes of at least 4 members (excludes halogenated alkanes) is 7. The average molecular weight is 450 g/mol. The third-order valence-corrected chi connectivity index (χ3v) is 5.81. The molecule has 0 saturated carbocycles. The molecule has 1 heterocycles. The molecule has 1 amide bonds. The number of ether oxygens (including phenoxy) is 1. The van der Waals surface area contributed by atoms with Gasteiger partial charge in [0.1, 0.15) is 5.75 Å². The fourth-order valence-electron chi connectivity index (χ4n) is 4.00. The van der Waals surface area contributed by atoms with Crippen molar-refractivity contribution < 1.29 is 14.6 Å². The fourth-order valence-corrected chi connectivity index (χ4v) is 4.00. The van der Waals surface area contributed by atoms with Crippen molar-refractivity contribution in [2.75, 3.05) is 6.61 Å². The molecule has 176 valence electrons. The number of nitrogens with one attached hydrogen (secondary N) is 1. The minimum atomic E-state index is -0.470. The van der Waals surface area contributed by atoms with Gasteiger partial charge in [-0.3, -0.25) is 4.79 Å². The van der Waals surface area contributed by atoms with E-state index in [2.05, 4.69) is 22.1 Å². The van der Waals surface area contributed by atoms with Gasteiger partial charge in [-0.25, -0.2) is 0 Å². The van der Waals surface area contributed by atoms with E-state index in [4.69, 9.17) is 4.74 Å². The Hall–Kier alpha value is -3.15. The molecule has 0 saturated heterocycles. The van der Waals surface area contributed by atoms with Crippen LogP contribution in [0.1, 0.15) is 79.8 Å². The molecule has 0 bridgehead atoms. The highest BCUT2D eigenvalue weighted by atomic mass is 16.5. The highest BCUT2D eigenvalue weighted by Crippen LogP contribution is 2.37. The van der Waals surface area contributed by atoms with Crippen LogP contribution in [0.25, 0.3) is 10.9 Å². The molecule has 0 spiro atoms. The van der Waals surface area contributed by atoms with Crippen molar-refractivity contribution in [3.8, 4) is 11.6 Å². The Labute approximate surface area is 196 Å². The Morgan fingerprint density at radius 2 is 1.64 bits per heavy atom. The van der Waals surface area contributed by atoms with Gasteiger partial charge in [-0.05, 0) is 56.2 Å². The third-order valence-electron chi connectivity index (χ3n) is 5.81. The van der Waals surface area contributed by atoms with E-state index in [1.807, 2.05) is 26.0 Å². The van der Waals surface area contributed by atoms with Gasteiger partial charge in [-0.2, -0.15) is 0 Å². The van der Waals surface area contributed by atoms with Crippen LogP contribution in [0.15, 0.2) is 46.6 Å². The molecular weight excluding hydrogens is 414 g/mol. The van der Waals surface area contributed by atoms with Crippen molar-refractivity contribution in [3.63, 3.8) is 0 Å². The zero-order valence-corrected chi connectivity index (χ0v) is 20.0. The topological polar surface area (TPSA) is 87.0 Å². The molecule has 0 aliphatic heterocycles. The van der Waals surface area contributed by atoms with Crippen molar-refractivity contribution in [1.29, 1.82) is 0 Å². The number of benzene rings is 2. The van der Waals surface area contributed by atoms with Gasteiger partial charge in [0.25, 0.3) is 5.91 Å². The lowest BCUT2D eigenvalue weighted by molar-refractivity contribution is 0.0995. The second-order valence-electron chi connectivity index (χ2n) is 8.68. The molecule has 1 aromatic heterocycles. The van der Waals surface area contributed by atoms with E-state index in [1.165, 1.54) is 44.9 Å². The maximum atomic E-state index is 12.5. The normalized spacial score (nSPS) is 11.5. The molecule has 3 aromatic rings. The van der Waals surface area contributed by atoms with E-state index < -0.39 is 5.91 Å². The number of amides is 1. The maximum absolute atomic E-state index is 12.5. The standard InChI is InChI=1S/C27H35N3O3/c1-4-5-6-7-8-9-10-11-16-33-22-14-12-21(13-15-22)26(31)30-29-25-23-18-19(2)17-20(3)24(23)28-27(25)32/h12-15,17-18,28,32H,4-11,16H2,1-3H3. The quantitative estimate of drug-likeness (QED) is 0.217. The van der Waals surface area contributed by atoms with Crippen LogP contribution < -0.4 is 4.74 Å². The Morgan fingerprint density at radius 1 is 0.970 bits per heavy atom. The molecule has 0 atom stereocenters. The predicted molar refractivity (Wildman–Crippen MR) is 133 cm³/mol. The Bertz CT molecular complexity index is 1080. The van der Waals surface area contributed by atoms with Gasteiger partial charge in [0, 0.05) is 10.9 Å². The summed E-state index contributed by atoms with van der Waals surface area (Å²) in [4.78, 5) is 15.4. The van der Waals surface area contributed by atoms with E-state index in [9.17, 15) is 9.90 Å². The summed E-state index contributed by atoms with van der Waals surface area (Å²) in [6.07, 6.45) is 10.1. The van der Waals surface area contributed by atoms with Crippen molar-refractivity contribution in [1.82, 2.24) is 4.98 Å². The smallest absolute Gasteiger partial charge is 0.295 e. The van der Waals surface area contributed by atoms with Gasteiger partial charge >= 0.3 is 0 Å². The summed E-state index contributed by atoms with van der Waals surface area (Å²) in [5.41, 5.74) is 3.53. The van der Waals surface area contributed by atoms with Crippen molar-refractivity contribution >= 4 is 22.5 Å². The molecule has 6 nitrogen and oxygen atoms in total. The number of nitrogens with zero attached hydrogens (tertiary/aromatic N) is 2. The minimum Gasteiger partial charge on any atom is -0.494 e. The first-order valence-corrected chi connectivity index (χ1v) is 12.0. The summed E-state index contributed by atoms with van der Waals surface area (Å²) in [6.45, 7) is 6.85. The van der Waals surface area contributed by atoms with Gasteiger partial charge in [0.05, 0.1) is 12.1 Å². The second-order valence-corrected chi connectivity index (χ2v) is 8.68. The third kappa shape index (κ3) is 6.91. The largest absolute Gasteiger partial charge is 0.494 e. The number of carbonyl (C=O) groups excluding carboxylic acids is 1. The maximum Gasteiger partial charge on any atom is 0.295 e. The Morgan fingerprint density at radius 3 is 2.33 bits per heavy atom. The van der Waals surface area contributed by atoms with Crippen LogP contribution in [-0.4, -0.2) is 22.6 Å². The first-order chi connectivity index (χ1) is 16.0. The molecule has 0 unspecified atom stereocenters. The molecule has 6 heteroatoms. The summed E-state index contributed by atoms with van der Waals surface area (Å²) >= 11 is 0. The number of aryl methyl sites for hydroxylation is 2. The number of aromatic nitrogens is 1. The van der Waals surface area contributed by atoms with E-state index in [0.29, 0.717) is 12.2 Å². The highest BCUT2D eigenvalue weighted by molar-refractivity contribution is 5.98. The predicted octanol–water partition coefficient (Wildman–Crippen LogP) is 7.93. The minimum absolute atomic E-state index is 0.0973. The number of aromatic amines is 1. The number of azo groups is 1. The van der Waals surface area contributed by atoms with Crippen molar-refractivity contribution in [2.24, 2.45) is 10.2 Å². The molecule has 2 N–H and O–H groups in total. The Kier molecular flexibility index (Phi) is 9.04. The van der Waals surface area contributed by atoms with Gasteiger partial charge in [0.15, 0.2) is 5.69 Å². The van der Waals surface area contributed by atoms with Crippen LogP contribution >= 0.6 is 0 Å². The Balaban J connectivity index is 1.49. The lowest BCUT2D eigenvalue weighted by Crippen LogP contribution is -1.98. The van der Waals surface area contributed by atoms with Crippen LogP contribution in [0.2, 0.25) is 0 Å². The van der Waals surface area contributed by atoms with Crippen LogP contribution in [-0.2, 0) is 0 Å². The number of aromatic hydroxyl groups is 1. The molecule has 0 aliphatic carbocycles. The lowest BCUT2D eigenvalue weighted by atomic mass is 10.1. The summed E-state index contributed by atoms with van der Waals surface area (Å²) in [5.74, 6) is 0.175. The van der Waals surface area contributed by atoms with E-state index in [1.54, 1.807) is 24.3 Å².